The van der Waals surface area contributed by atoms with Crippen molar-refractivity contribution in [1.82, 2.24) is 15.2 Å². The van der Waals surface area contributed by atoms with Crippen LogP contribution in [-0.4, -0.2) is 39.8 Å². The largest absolute Gasteiger partial charge is 0.349 e. The number of pyridine rings is 1. The Bertz CT molecular complexity index is 546. The van der Waals surface area contributed by atoms with E-state index in [-0.39, 0.29) is 23.4 Å². The summed E-state index contributed by atoms with van der Waals surface area (Å²) in [6.45, 7) is 2.85. The third kappa shape index (κ3) is 2.41. The van der Waals surface area contributed by atoms with Gasteiger partial charge in [-0.25, -0.2) is 0 Å². The van der Waals surface area contributed by atoms with Crippen LogP contribution in [-0.2, 0) is 4.79 Å². The van der Waals surface area contributed by atoms with Crippen LogP contribution < -0.4 is 5.32 Å². The van der Waals surface area contributed by atoms with Crippen molar-refractivity contribution < 1.29 is 9.59 Å². The number of hydrogen-bond acceptors (Lipinski definition) is 3. The van der Waals surface area contributed by atoms with Crippen molar-refractivity contribution in [1.29, 1.82) is 0 Å². The number of carbonyl (C=O) groups is 2. The first kappa shape index (κ1) is 14.0. The first-order valence-electron chi connectivity index (χ1n) is 7.68. The summed E-state index contributed by atoms with van der Waals surface area (Å²) in [5, 5.41) is 3.16. The molecule has 2 saturated heterocycles. The van der Waals surface area contributed by atoms with Crippen molar-refractivity contribution in [3.63, 3.8) is 0 Å². The van der Waals surface area contributed by atoms with Crippen LogP contribution >= 0.6 is 0 Å². The lowest BCUT2D eigenvalue weighted by atomic mass is 9.78. The second kappa shape index (κ2) is 5.47. The predicted octanol–water partition coefficient (Wildman–Crippen LogP) is 1.74. The number of amides is 2. The normalized spacial score (nSPS) is 28.7. The minimum Gasteiger partial charge on any atom is -0.349 e. The molecule has 2 fully saturated rings. The van der Waals surface area contributed by atoms with Crippen LogP contribution in [0.3, 0.4) is 0 Å². The molecule has 1 N–H and O–H groups in total. The van der Waals surface area contributed by atoms with Gasteiger partial charge in [0.2, 0.25) is 5.91 Å². The molecule has 0 saturated carbocycles. The number of likely N-dealkylation sites (tertiary alicyclic amines) is 1. The van der Waals surface area contributed by atoms with Crippen LogP contribution in [0.1, 0.15) is 49.4 Å². The summed E-state index contributed by atoms with van der Waals surface area (Å²) in [6, 6.07) is 3.59. The van der Waals surface area contributed by atoms with Crippen LogP contribution in [0, 0.1) is 0 Å². The zero-order valence-electron chi connectivity index (χ0n) is 12.3. The molecule has 0 unspecified atom stereocenters. The van der Waals surface area contributed by atoms with Crippen LogP contribution in [0.15, 0.2) is 24.5 Å². The maximum Gasteiger partial charge on any atom is 0.254 e. The van der Waals surface area contributed by atoms with Crippen molar-refractivity contribution in [2.24, 2.45) is 0 Å². The minimum atomic E-state index is -0.216. The summed E-state index contributed by atoms with van der Waals surface area (Å²) < 4.78 is 0. The fourth-order valence-corrected chi connectivity index (χ4v) is 3.88. The Hall–Kier alpha value is -1.91. The van der Waals surface area contributed by atoms with Crippen molar-refractivity contribution in [3.8, 4) is 0 Å². The Morgan fingerprint density at radius 1 is 1.43 bits per heavy atom. The standard InChI is InChI=1S/C16H21N3O2/c1-2-13-16(8-4-14(20)18-16)7-3-11-19(13)15(21)12-5-9-17-10-6-12/h5-6,9-10,13H,2-4,7-8,11H2,1H3,(H,18,20)/t13-,16-/m0/s1. The molecule has 1 aromatic heterocycles. The molecule has 0 aliphatic carbocycles. The lowest BCUT2D eigenvalue weighted by molar-refractivity contribution is -0.120. The van der Waals surface area contributed by atoms with Crippen LogP contribution in [0.25, 0.3) is 0 Å². The zero-order valence-corrected chi connectivity index (χ0v) is 12.3. The first-order valence-corrected chi connectivity index (χ1v) is 7.68. The Kier molecular flexibility index (Phi) is 3.66. The maximum atomic E-state index is 12.8. The summed E-state index contributed by atoms with van der Waals surface area (Å²) in [7, 11) is 0. The van der Waals surface area contributed by atoms with Crippen LogP contribution in [0.2, 0.25) is 0 Å². The fourth-order valence-electron chi connectivity index (χ4n) is 3.88. The van der Waals surface area contributed by atoms with Gasteiger partial charge in [-0.3, -0.25) is 14.6 Å². The summed E-state index contributed by atoms with van der Waals surface area (Å²) in [5.41, 5.74) is 0.456. The number of rotatable bonds is 2. The fraction of sp³-hybridized carbons (Fsp3) is 0.562. The van der Waals surface area contributed by atoms with E-state index in [1.807, 2.05) is 4.90 Å². The van der Waals surface area contributed by atoms with E-state index in [1.54, 1.807) is 24.5 Å². The highest BCUT2D eigenvalue weighted by Crippen LogP contribution is 2.37. The molecule has 1 spiro atoms. The summed E-state index contributed by atoms with van der Waals surface area (Å²) in [4.78, 5) is 30.4. The van der Waals surface area contributed by atoms with Gasteiger partial charge in [-0.05, 0) is 37.8 Å². The number of hydrogen-bond donors (Lipinski definition) is 1. The van der Waals surface area contributed by atoms with Crippen molar-refractivity contribution in [3.05, 3.63) is 30.1 Å². The second-order valence-electron chi connectivity index (χ2n) is 5.97. The molecule has 21 heavy (non-hydrogen) atoms. The van der Waals surface area contributed by atoms with Gasteiger partial charge in [-0.2, -0.15) is 0 Å². The van der Waals surface area contributed by atoms with E-state index >= 15 is 0 Å². The molecule has 112 valence electrons. The molecule has 5 heteroatoms. The molecule has 2 atom stereocenters. The highest BCUT2D eigenvalue weighted by molar-refractivity contribution is 5.94. The topological polar surface area (TPSA) is 62.3 Å². The smallest absolute Gasteiger partial charge is 0.254 e. The molecular formula is C16H21N3O2. The Morgan fingerprint density at radius 2 is 2.19 bits per heavy atom. The van der Waals surface area contributed by atoms with Crippen LogP contribution in [0.5, 0.6) is 0 Å². The molecule has 2 amide bonds. The number of carbonyl (C=O) groups excluding carboxylic acids is 2. The van der Waals surface area contributed by atoms with Crippen LogP contribution in [0.4, 0.5) is 0 Å². The second-order valence-corrected chi connectivity index (χ2v) is 5.97. The highest BCUT2D eigenvalue weighted by atomic mass is 16.2. The molecule has 0 aromatic carbocycles. The van der Waals surface area contributed by atoms with Crippen molar-refractivity contribution in [2.45, 2.75) is 50.6 Å². The van der Waals surface area contributed by atoms with Gasteiger partial charge in [0.15, 0.2) is 0 Å². The molecule has 5 nitrogen and oxygen atoms in total. The highest BCUT2D eigenvalue weighted by Gasteiger charge is 2.49. The monoisotopic (exact) mass is 287 g/mol. The van der Waals surface area contributed by atoms with Gasteiger partial charge in [0.25, 0.3) is 5.91 Å². The van der Waals surface area contributed by atoms with Crippen molar-refractivity contribution >= 4 is 11.8 Å². The van der Waals surface area contributed by atoms with Gasteiger partial charge in [0.1, 0.15) is 0 Å². The van der Waals surface area contributed by atoms with Gasteiger partial charge < -0.3 is 10.2 Å². The lowest BCUT2D eigenvalue weighted by Crippen LogP contribution is -2.63. The number of piperidine rings is 1. The van der Waals surface area contributed by atoms with E-state index < -0.39 is 0 Å². The number of nitrogens with one attached hydrogen (secondary N) is 1. The van der Waals surface area contributed by atoms with E-state index in [9.17, 15) is 9.59 Å². The SMILES string of the molecule is CC[C@@H]1N(C(=O)c2ccncc2)CCC[C@]12CCC(=O)N2. The van der Waals surface area contributed by atoms with Gasteiger partial charge in [-0.1, -0.05) is 6.92 Å². The molecule has 0 bridgehead atoms. The summed E-state index contributed by atoms with van der Waals surface area (Å²) in [6.07, 6.45) is 7.47. The first-order chi connectivity index (χ1) is 10.2. The van der Waals surface area contributed by atoms with Gasteiger partial charge in [0, 0.05) is 30.9 Å². The molecule has 1 aromatic rings. The van der Waals surface area contributed by atoms with Gasteiger partial charge in [-0.15, -0.1) is 0 Å². The Morgan fingerprint density at radius 3 is 2.81 bits per heavy atom. The van der Waals surface area contributed by atoms with Gasteiger partial charge >= 0.3 is 0 Å². The van der Waals surface area contributed by atoms with E-state index in [1.165, 1.54) is 0 Å². The average Bonchev–Trinajstić information content (AvgIpc) is 2.88. The molecule has 3 heterocycles. The molecule has 0 radical (unpaired) electrons. The maximum absolute atomic E-state index is 12.8. The molecule has 2 aliphatic rings. The third-order valence-corrected chi connectivity index (χ3v) is 4.80. The van der Waals surface area contributed by atoms with E-state index in [4.69, 9.17) is 0 Å². The Labute approximate surface area is 124 Å². The minimum absolute atomic E-state index is 0.0458. The van der Waals surface area contributed by atoms with E-state index in [2.05, 4.69) is 17.2 Å². The number of nitrogens with zero attached hydrogens (tertiary/aromatic N) is 2. The van der Waals surface area contributed by atoms with E-state index in [0.717, 1.165) is 32.2 Å². The average molecular weight is 287 g/mol. The number of aromatic nitrogens is 1. The lowest BCUT2D eigenvalue weighted by Gasteiger charge is -2.48. The van der Waals surface area contributed by atoms with E-state index in [0.29, 0.717) is 12.0 Å². The molecule has 3 rings (SSSR count). The van der Waals surface area contributed by atoms with Crippen molar-refractivity contribution in [2.75, 3.05) is 6.54 Å². The zero-order chi connectivity index (χ0) is 14.9. The molecule has 2 aliphatic heterocycles. The summed E-state index contributed by atoms with van der Waals surface area (Å²) in [5.74, 6) is 0.163. The van der Waals surface area contributed by atoms with Gasteiger partial charge in [0.05, 0.1) is 11.6 Å². The quantitative estimate of drug-likeness (QED) is 0.901. The predicted molar refractivity (Wildman–Crippen MR) is 78.7 cm³/mol. The third-order valence-electron chi connectivity index (χ3n) is 4.80. The summed E-state index contributed by atoms with van der Waals surface area (Å²) >= 11 is 0. The Balaban J connectivity index is 1.88. The molecular weight excluding hydrogens is 266 g/mol.